The maximum atomic E-state index is 13.0. The van der Waals surface area contributed by atoms with Gasteiger partial charge >= 0.3 is 0 Å². The van der Waals surface area contributed by atoms with Gasteiger partial charge in [0.15, 0.2) is 11.5 Å². The van der Waals surface area contributed by atoms with Crippen molar-refractivity contribution in [3.63, 3.8) is 0 Å². The minimum atomic E-state index is -3.89. The Kier molecular flexibility index (Phi) is 6.57. The van der Waals surface area contributed by atoms with Crippen LogP contribution in [0.1, 0.15) is 12.0 Å². The summed E-state index contributed by atoms with van der Waals surface area (Å²) in [5.74, 6) is -0.233. The first-order chi connectivity index (χ1) is 14.2. The zero-order valence-electron chi connectivity index (χ0n) is 16.7. The minimum absolute atomic E-state index is 0.229. The summed E-state index contributed by atoms with van der Waals surface area (Å²) in [5.41, 5.74) is 1.15. The molecular weight excluding hydrogens is 428 g/mol. The molecule has 2 amide bonds. The van der Waals surface area contributed by atoms with Gasteiger partial charge in [0.05, 0.1) is 38.0 Å². The number of rotatable bonds is 7. The maximum absolute atomic E-state index is 13.0. The minimum Gasteiger partial charge on any atom is -0.493 e. The fraction of sp³-hybridized carbons (Fsp3) is 0.300. The monoisotopic (exact) mass is 450 g/mol. The van der Waals surface area contributed by atoms with E-state index >= 15 is 0 Å². The number of hydrogen-bond donors (Lipinski definition) is 1. The second-order valence-electron chi connectivity index (χ2n) is 6.61. The predicted octanol–water partition coefficient (Wildman–Crippen LogP) is 2.50. The highest BCUT2D eigenvalue weighted by atomic mass is 32.2. The number of benzene rings is 2. The van der Waals surface area contributed by atoms with E-state index < -0.39 is 21.2 Å². The lowest BCUT2D eigenvalue weighted by Gasteiger charge is -2.27. The number of thioether (sulfide) groups is 1. The van der Waals surface area contributed by atoms with Gasteiger partial charge in [-0.15, -0.1) is 11.8 Å². The van der Waals surface area contributed by atoms with E-state index in [0.29, 0.717) is 22.7 Å². The highest BCUT2D eigenvalue weighted by Crippen LogP contribution is 2.37. The summed E-state index contributed by atoms with van der Waals surface area (Å²) in [4.78, 5) is 26.2. The Morgan fingerprint density at radius 2 is 1.87 bits per heavy atom. The number of nitrogens with one attached hydrogen (secondary N) is 1. The number of methoxy groups -OCH3 is 2. The van der Waals surface area contributed by atoms with Crippen molar-refractivity contribution in [3.05, 3.63) is 48.0 Å². The number of hydrogen-bond acceptors (Lipinski definition) is 7. The average molecular weight is 451 g/mol. The van der Waals surface area contributed by atoms with Gasteiger partial charge in [0.1, 0.15) is 0 Å². The van der Waals surface area contributed by atoms with E-state index in [0.717, 1.165) is 15.5 Å². The van der Waals surface area contributed by atoms with Crippen LogP contribution in [0, 0.1) is 0 Å². The second-order valence-corrected chi connectivity index (χ2v) is 9.76. The topological polar surface area (TPSA) is 102 Å². The molecule has 2 aromatic carbocycles. The molecule has 0 aliphatic carbocycles. The smallest absolute Gasteiger partial charge is 0.238 e. The maximum Gasteiger partial charge on any atom is 0.238 e. The van der Waals surface area contributed by atoms with Crippen molar-refractivity contribution in [2.45, 2.75) is 23.1 Å². The molecule has 30 heavy (non-hydrogen) atoms. The van der Waals surface area contributed by atoms with Crippen molar-refractivity contribution >= 4 is 39.3 Å². The van der Waals surface area contributed by atoms with Crippen molar-refractivity contribution < 1.29 is 27.5 Å². The Labute approximate surface area is 179 Å². The summed E-state index contributed by atoms with van der Waals surface area (Å²) in [6, 6.07) is 12.3. The van der Waals surface area contributed by atoms with E-state index in [1.165, 1.54) is 26.0 Å². The first-order valence-corrected chi connectivity index (χ1v) is 11.7. The van der Waals surface area contributed by atoms with Gasteiger partial charge in [-0.1, -0.05) is 24.3 Å². The number of anilines is 1. The zero-order valence-corrected chi connectivity index (χ0v) is 18.4. The number of carbonyl (C=O) groups is 2. The number of nitrogens with zero attached hydrogens (tertiary/aromatic N) is 1. The van der Waals surface area contributed by atoms with Crippen molar-refractivity contribution in [1.29, 1.82) is 0 Å². The number of para-hydroxylation sites is 2. The molecule has 0 saturated heterocycles. The van der Waals surface area contributed by atoms with Crippen LogP contribution in [0.2, 0.25) is 0 Å². The van der Waals surface area contributed by atoms with Crippen molar-refractivity contribution in [2.24, 2.45) is 0 Å². The van der Waals surface area contributed by atoms with Gasteiger partial charge in [-0.05, 0) is 18.2 Å². The highest BCUT2D eigenvalue weighted by molar-refractivity contribution is 8.01. The third kappa shape index (κ3) is 4.71. The van der Waals surface area contributed by atoms with Crippen LogP contribution in [-0.4, -0.2) is 50.3 Å². The molecule has 1 unspecified atom stereocenters. The summed E-state index contributed by atoms with van der Waals surface area (Å²) < 4.78 is 36.1. The number of carbonyl (C=O) groups excluding carboxylic acids is 2. The largest absolute Gasteiger partial charge is 0.493 e. The Bertz CT molecular complexity index is 1070. The summed E-state index contributed by atoms with van der Waals surface area (Å²) in [7, 11) is -0.980. The molecule has 1 aliphatic rings. The molecule has 0 saturated carbocycles. The van der Waals surface area contributed by atoms with E-state index in [2.05, 4.69) is 5.32 Å². The van der Waals surface area contributed by atoms with Gasteiger partial charge in [0, 0.05) is 16.9 Å². The lowest BCUT2D eigenvalue weighted by Crippen LogP contribution is -2.40. The molecule has 0 bridgehead atoms. The van der Waals surface area contributed by atoms with Crippen LogP contribution < -0.4 is 14.8 Å². The standard InChI is InChI=1S/C20H22N2O6S2/c1-27-15-9-6-7-13(19(15)28-2)12-22(30(3,25)26)18(23)11-17-20(24)21-14-8-4-5-10-16(14)29-17/h4-10,17H,11-12H2,1-3H3,(H,21,24). The third-order valence-corrected chi connectivity index (χ3v) is 6.95. The molecule has 2 aromatic rings. The van der Waals surface area contributed by atoms with Crippen LogP contribution in [0.5, 0.6) is 11.5 Å². The molecule has 0 fully saturated rings. The van der Waals surface area contributed by atoms with Gasteiger partial charge < -0.3 is 14.8 Å². The van der Waals surface area contributed by atoms with E-state index in [9.17, 15) is 18.0 Å². The van der Waals surface area contributed by atoms with Crippen LogP contribution in [-0.2, 0) is 26.2 Å². The molecule has 1 heterocycles. The second kappa shape index (κ2) is 8.97. The molecule has 0 spiro atoms. The number of fused-ring (bicyclic) bond motifs is 1. The van der Waals surface area contributed by atoms with Crippen LogP contribution in [0.3, 0.4) is 0 Å². The van der Waals surface area contributed by atoms with E-state index in [4.69, 9.17) is 9.47 Å². The Balaban J connectivity index is 1.84. The Morgan fingerprint density at radius 3 is 2.53 bits per heavy atom. The number of sulfonamides is 1. The summed E-state index contributed by atoms with van der Waals surface area (Å²) in [6.45, 7) is -0.229. The van der Waals surface area contributed by atoms with Gasteiger partial charge in [-0.25, -0.2) is 12.7 Å². The summed E-state index contributed by atoms with van der Waals surface area (Å²) >= 11 is 1.24. The van der Waals surface area contributed by atoms with E-state index in [1.807, 2.05) is 12.1 Å². The molecule has 1 N–H and O–H groups in total. The van der Waals surface area contributed by atoms with Crippen LogP contribution >= 0.6 is 11.8 Å². The molecular formula is C20H22N2O6S2. The van der Waals surface area contributed by atoms with Gasteiger partial charge in [0.2, 0.25) is 21.8 Å². The molecule has 0 aromatic heterocycles. The molecule has 0 radical (unpaired) electrons. The van der Waals surface area contributed by atoms with Gasteiger partial charge in [-0.2, -0.15) is 0 Å². The first-order valence-electron chi connectivity index (χ1n) is 9.01. The van der Waals surface area contributed by atoms with E-state index in [-0.39, 0.29) is 18.9 Å². The van der Waals surface area contributed by atoms with Crippen LogP contribution in [0.25, 0.3) is 0 Å². The predicted molar refractivity (Wildman–Crippen MR) is 114 cm³/mol. The van der Waals surface area contributed by atoms with Crippen molar-refractivity contribution in [1.82, 2.24) is 4.31 Å². The van der Waals surface area contributed by atoms with Gasteiger partial charge in [0.25, 0.3) is 0 Å². The van der Waals surface area contributed by atoms with Crippen molar-refractivity contribution in [2.75, 3.05) is 25.8 Å². The van der Waals surface area contributed by atoms with Crippen LogP contribution in [0.4, 0.5) is 5.69 Å². The summed E-state index contributed by atoms with van der Waals surface area (Å²) in [6.07, 6.45) is 0.700. The lowest BCUT2D eigenvalue weighted by atomic mass is 10.1. The van der Waals surface area contributed by atoms with Crippen LogP contribution in [0.15, 0.2) is 47.4 Å². The normalized spacial score (nSPS) is 15.7. The quantitative estimate of drug-likeness (QED) is 0.691. The lowest BCUT2D eigenvalue weighted by molar-refractivity contribution is -0.128. The Morgan fingerprint density at radius 1 is 1.13 bits per heavy atom. The SMILES string of the molecule is COc1cccc(CN(C(=O)CC2Sc3ccccc3NC2=O)S(C)(=O)=O)c1OC. The number of amides is 2. The molecule has 10 heteroatoms. The first kappa shape index (κ1) is 22.0. The van der Waals surface area contributed by atoms with Crippen molar-refractivity contribution in [3.8, 4) is 11.5 Å². The third-order valence-electron chi connectivity index (χ3n) is 4.54. The fourth-order valence-corrected chi connectivity index (χ4v) is 5.03. The molecule has 1 atom stereocenters. The molecule has 1 aliphatic heterocycles. The highest BCUT2D eigenvalue weighted by Gasteiger charge is 2.33. The number of ether oxygens (including phenoxy) is 2. The molecule has 160 valence electrons. The summed E-state index contributed by atoms with van der Waals surface area (Å²) in [5, 5.41) is 2.03. The Hall–Kier alpha value is -2.72. The van der Waals surface area contributed by atoms with E-state index in [1.54, 1.807) is 30.3 Å². The average Bonchev–Trinajstić information content (AvgIpc) is 2.71. The molecule has 3 rings (SSSR count). The van der Waals surface area contributed by atoms with Gasteiger partial charge in [-0.3, -0.25) is 9.59 Å². The fourth-order valence-electron chi connectivity index (χ4n) is 3.11. The zero-order chi connectivity index (χ0) is 21.9. The molecule has 8 nitrogen and oxygen atoms in total.